The first-order chi connectivity index (χ1) is 8.33. The molecule has 1 aliphatic heterocycles. The second-order valence-electron chi connectivity index (χ2n) is 4.70. The van der Waals surface area contributed by atoms with E-state index in [1.807, 2.05) is 0 Å². The standard InChI is InChI=1S/C13H27NO3/c1-12(6-10-15-2)14-7-4-8-16-11-13-5-3-9-17-13/h12-14H,3-11H2,1-2H3. The highest BCUT2D eigenvalue weighted by Crippen LogP contribution is 2.11. The van der Waals surface area contributed by atoms with Gasteiger partial charge >= 0.3 is 0 Å². The van der Waals surface area contributed by atoms with E-state index in [4.69, 9.17) is 14.2 Å². The number of hydrogen-bond acceptors (Lipinski definition) is 4. The Labute approximate surface area is 105 Å². The molecule has 0 bridgehead atoms. The van der Waals surface area contributed by atoms with Crippen LogP contribution in [0.4, 0.5) is 0 Å². The summed E-state index contributed by atoms with van der Waals surface area (Å²) >= 11 is 0. The van der Waals surface area contributed by atoms with Crippen molar-refractivity contribution in [1.29, 1.82) is 0 Å². The summed E-state index contributed by atoms with van der Waals surface area (Å²) in [7, 11) is 1.74. The summed E-state index contributed by atoms with van der Waals surface area (Å²) in [5.74, 6) is 0. The molecule has 102 valence electrons. The lowest BCUT2D eigenvalue weighted by molar-refractivity contribution is 0.0165. The van der Waals surface area contributed by atoms with Crippen molar-refractivity contribution in [3.63, 3.8) is 0 Å². The maximum atomic E-state index is 5.59. The summed E-state index contributed by atoms with van der Waals surface area (Å²) in [6.07, 6.45) is 4.82. The molecule has 4 nitrogen and oxygen atoms in total. The van der Waals surface area contributed by atoms with E-state index >= 15 is 0 Å². The number of rotatable bonds is 10. The number of nitrogens with one attached hydrogen (secondary N) is 1. The minimum Gasteiger partial charge on any atom is -0.385 e. The lowest BCUT2D eigenvalue weighted by Crippen LogP contribution is -2.29. The Balaban J connectivity index is 1.80. The number of hydrogen-bond donors (Lipinski definition) is 1. The SMILES string of the molecule is COCCC(C)NCCCOCC1CCCO1. The van der Waals surface area contributed by atoms with Crippen LogP contribution in [0.5, 0.6) is 0 Å². The summed E-state index contributed by atoms with van der Waals surface area (Å²) < 4.78 is 16.1. The fraction of sp³-hybridized carbons (Fsp3) is 1.00. The third-order valence-corrected chi connectivity index (χ3v) is 3.04. The van der Waals surface area contributed by atoms with Gasteiger partial charge in [0.2, 0.25) is 0 Å². The Morgan fingerprint density at radius 1 is 1.41 bits per heavy atom. The van der Waals surface area contributed by atoms with Gasteiger partial charge in [0.1, 0.15) is 0 Å². The second-order valence-corrected chi connectivity index (χ2v) is 4.70. The summed E-state index contributed by atoms with van der Waals surface area (Å²) in [6, 6.07) is 0.521. The van der Waals surface area contributed by atoms with Crippen molar-refractivity contribution in [3.05, 3.63) is 0 Å². The zero-order chi connectivity index (χ0) is 12.3. The highest BCUT2D eigenvalue weighted by atomic mass is 16.5. The van der Waals surface area contributed by atoms with Crippen molar-refractivity contribution < 1.29 is 14.2 Å². The highest BCUT2D eigenvalue weighted by Gasteiger charge is 2.14. The van der Waals surface area contributed by atoms with E-state index in [2.05, 4.69) is 12.2 Å². The topological polar surface area (TPSA) is 39.7 Å². The number of methoxy groups -OCH3 is 1. The molecule has 1 heterocycles. The average Bonchev–Trinajstić information content (AvgIpc) is 2.84. The molecule has 1 fully saturated rings. The molecule has 4 heteroatoms. The van der Waals surface area contributed by atoms with Crippen molar-refractivity contribution in [2.45, 2.75) is 44.8 Å². The molecule has 0 spiro atoms. The fourth-order valence-corrected chi connectivity index (χ4v) is 1.91. The van der Waals surface area contributed by atoms with Crippen LogP contribution in [0.3, 0.4) is 0 Å². The van der Waals surface area contributed by atoms with Crippen molar-refractivity contribution in [2.24, 2.45) is 0 Å². The van der Waals surface area contributed by atoms with Gasteiger partial charge in [0.15, 0.2) is 0 Å². The molecule has 0 saturated carbocycles. The lowest BCUT2D eigenvalue weighted by Gasteiger charge is -2.13. The molecule has 0 radical (unpaired) electrons. The summed E-state index contributed by atoms with van der Waals surface area (Å²) in [5, 5.41) is 3.45. The normalized spacial score (nSPS) is 21.9. The monoisotopic (exact) mass is 245 g/mol. The molecule has 0 aromatic rings. The minimum atomic E-state index is 0.351. The van der Waals surface area contributed by atoms with Crippen LogP contribution in [0, 0.1) is 0 Å². The van der Waals surface area contributed by atoms with Gasteiger partial charge in [-0.15, -0.1) is 0 Å². The molecule has 0 aromatic heterocycles. The molecule has 0 aliphatic carbocycles. The van der Waals surface area contributed by atoms with E-state index in [0.29, 0.717) is 12.1 Å². The molecule has 1 aliphatic rings. The zero-order valence-electron chi connectivity index (χ0n) is 11.2. The van der Waals surface area contributed by atoms with E-state index in [1.165, 1.54) is 6.42 Å². The molecule has 1 N–H and O–H groups in total. The molecule has 0 amide bonds. The average molecular weight is 245 g/mol. The van der Waals surface area contributed by atoms with Gasteiger partial charge in [-0.1, -0.05) is 0 Å². The molecule has 17 heavy (non-hydrogen) atoms. The third kappa shape index (κ3) is 7.71. The van der Waals surface area contributed by atoms with Crippen molar-refractivity contribution >= 4 is 0 Å². The molecule has 1 rings (SSSR count). The minimum absolute atomic E-state index is 0.351. The van der Waals surface area contributed by atoms with Crippen LogP contribution < -0.4 is 5.32 Å². The third-order valence-electron chi connectivity index (χ3n) is 3.04. The smallest absolute Gasteiger partial charge is 0.0809 e. The van der Waals surface area contributed by atoms with Crippen LogP contribution in [0.1, 0.15) is 32.6 Å². The Morgan fingerprint density at radius 2 is 2.29 bits per heavy atom. The van der Waals surface area contributed by atoms with Gasteiger partial charge in [0, 0.05) is 33.0 Å². The lowest BCUT2D eigenvalue weighted by atomic mass is 10.2. The van der Waals surface area contributed by atoms with Gasteiger partial charge in [0.25, 0.3) is 0 Å². The Bertz CT molecular complexity index is 172. The Morgan fingerprint density at radius 3 is 3.00 bits per heavy atom. The molecule has 1 saturated heterocycles. The van der Waals surface area contributed by atoms with Crippen LogP contribution >= 0.6 is 0 Å². The predicted octanol–water partition coefficient (Wildman–Crippen LogP) is 1.59. The molecular formula is C13H27NO3. The number of ether oxygens (including phenoxy) is 3. The van der Waals surface area contributed by atoms with Gasteiger partial charge in [-0.05, 0) is 39.2 Å². The maximum absolute atomic E-state index is 5.59. The van der Waals surface area contributed by atoms with Crippen LogP contribution in [0.15, 0.2) is 0 Å². The fourth-order valence-electron chi connectivity index (χ4n) is 1.91. The van der Waals surface area contributed by atoms with Crippen LogP contribution in [-0.2, 0) is 14.2 Å². The first-order valence-electron chi connectivity index (χ1n) is 6.74. The van der Waals surface area contributed by atoms with Gasteiger partial charge in [-0.2, -0.15) is 0 Å². The first kappa shape index (κ1) is 14.9. The van der Waals surface area contributed by atoms with Gasteiger partial charge in [0.05, 0.1) is 12.7 Å². The highest BCUT2D eigenvalue weighted by molar-refractivity contribution is 4.63. The summed E-state index contributed by atoms with van der Waals surface area (Å²) in [6.45, 7) is 6.52. The van der Waals surface area contributed by atoms with Crippen LogP contribution in [-0.4, -0.2) is 52.2 Å². The van der Waals surface area contributed by atoms with E-state index in [1.54, 1.807) is 7.11 Å². The van der Waals surface area contributed by atoms with Gasteiger partial charge < -0.3 is 19.5 Å². The van der Waals surface area contributed by atoms with E-state index < -0.39 is 0 Å². The van der Waals surface area contributed by atoms with Crippen molar-refractivity contribution in [3.8, 4) is 0 Å². The van der Waals surface area contributed by atoms with Gasteiger partial charge in [-0.25, -0.2) is 0 Å². The second kappa shape index (κ2) is 9.83. The molecule has 2 atom stereocenters. The van der Waals surface area contributed by atoms with Crippen molar-refractivity contribution in [2.75, 3.05) is 40.1 Å². The van der Waals surface area contributed by atoms with E-state index in [9.17, 15) is 0 Å². The Hall–Kier alpha value is -0.160. The predicted molar refractivity (Wildman–Crippen MR) is 68.4 cm³/mol. The summed E-state index contributed by atoms with van der Waals surface area (Å²) in [5.41, 5.74) is 0. The Kier molecular flexibility index (Phi) is 8.61. The quantitative estimate of drug-likeness (QED) is 0.593. The summed E-state index contributed by atoms with van der Waals surface area (Å²) in [4.78, 5) is 0. The largest absolute Gasteiger partial charge is 0.385 e. The molecule has 2 unspecified atom stereocenters. The van der Waals surface area contributed by atoms with Gasteiger partial charge in [-0.3, -0.25) is 0 Å². The van der Waals surface area contributed by atoms with Crippen molar-refractivity contribution in [1.82, 2.24) is 5.32 Å². The zero-order valence-corrected chi connectivity index (χ0v) is 11.2. The van der Waals surface area contributed by atoms with E-state index in [0.717, 1.165) is 52.2 Å². The van der Waals surface area contributed by atoms with Crippen LogP contribution in [0.25, 0.3) is 0 Å². The maximum Gasteiger partial charge on any atom is 0.0809 e. The van der Waals surface area contributed by atoms with E-state index in [-0.39, 0.29) is 0 Å². The first-order valence-corrected chi connectivity index (χ1v) is 6.74. The molecule has 0 aromatic carbocycles. The van der Waals surface area contributed by atoms with Crippen LogP contribution in [0.2, 0.25) is 0 Å². The molecular weight excluding hydrogens is 218 g/mol.